The highest BCUT2D eigenvalue weighted by molar-refractivity contribution is 5.93. The molecule has 2 rings (SSSR count). The molecule has 1 aromatic carbocycles. The summed E-state index contributed by atoms with van der Waals surface area (Å²) >= 11 is 0. The van der Waals surface area contributed by atoms with E-state index in [-0.39, 0.29) is 11.6 Å². The molecule has 0 saturated heterocycles. The van der Waals surface area contributed by atoms with Gasteiger partial charge in [0.05, 0.1) is 17.5 Å². The van der Waals surface area contributed by atoms with Crippen molar-refractivity contribution >= 4 is 16.9 Å². The van der Waals surface area contributed by atoms with Gasteiger partial charge in [-0.05, 0) is 38.5 Å². The minimum atomic E-state index is -1.21. The van der Waals surface area contributed by atoms with Gasteiger partial charge in [0.25, 0.3) is 0 Å². The highest BCUT2D eigenvalue weighted by Crippen LogP contribution is 2.22. The number of hydrogen-bond donors (Lipinski definition) is 1. The molecule has 0 aliphatic rings. The first-order chi connectivity index (χ1) is 10.5. The van der Waals surface area contributed by atoms with Crippen molar-refractivity contribution in [3.05, 3.63) is 40.2 Å². The molecule has 5 nitrogen and oxygen atoms in total. The first-order valence-electron chi connectivity index (χ1n) is 7.50. The van der Waals surface area contributed by atoms with E-state index in [4.69, 9.17) is 4.74 Å². The number of pyridine rings is 1. The predicted molar refractivity (Wildman–Crippen MR) is 86.0 cm³/mol. The fourth-order valence-corrected chi connectivity index (χ4v) is 2.34. The van der Waals surface area contributed by atoms with Crippen molar-refractivity contribution in [3.63, 3.8) is 0 Å². The Balaban J connectivity index is 2.61. The number of carboxylic acid groups (broad SMARTS) is 1. The van der Waals surface area contributed by atoms with Crippen molar-refractivity contribution in [3.8, 4) is 5.75 Å². The summed E-state index contributed by atoms with van der Waals surface area (Å²) in [5.74, 6) is -0.616. The summed E-state index contributed by atoms with van der Waals surface area (Å²) in [5.41, 5.74) is 0.0279. The molecule has 1 aromatic heterocycles. The van der Waals surface area contributed by atoms with Crippen molar-refractivity contribution in [1.82, 2.24) is 4.57 Å². The Morgan fingerprint density at radius 3 is 2.68 bits per heavy atom. The number of aromatic carboxylic acids is 1. The van der Waals surface area contributed by atoms with E-state index >= 15 is 0 Å². The molecule has 1 heterocycles. The van der Waals surface area contributed by atoms with Crippen LogP contribution >= 0.6 is 0 Å². The van der Waals surface area contributed by atoms with Crippen molar-refractivity contribution in [2.45, 2.75) is 39.7 Å². The Bertz CT molecular complexity index is 746. The van der Waals surface area contributed by atoms with Gasteiger partial charge in [-0.15, -0.1) is 0 Å². The lowest BCUT2D eigenvalue weighted by Crippen LogP contribution is -2.19. The Labute approximate surface area is 129 Å². The third-order valence-corrected chi connectivity index (χ3v) is 3.56. The summed E-state index contributed by atoms with van der Waals surface area (Å²) < 4.78 is 7.42. The predicted octanol–water partition coefficient (Wildman–Crippen LogP) is 3.46. The third kappa shape index (κ3) is 3.13. The van der Waals surface area contributed by atoms with Gasteiger partial charge in [0.2, 0.25) is 5.43 Å². The maximum atomic E-state index is 12.4. The van der Waals surface area contributed by atoms with Crippen LogP contribution in [0.5, 0.6) is 5.75 Å². The van der Waals surface area contributed by atoms with Gasteiger partial charge >= 0.3 is 5.97 Å². The highest BCUT2D eigenvalue weighted by Gasteiger charge is 2.16. The standard InChI is InChI=1S/C17H21NO4/c1-4-5-8-22-12-6-7-15-13(9-12)16(19)14(17(20)21)10-18(15)11(2)3/h6-7,9-11H,4-5,8H2,1-3H3,(H,20,21). The number of rotatable bonds is 6. The maximum absolute atomic E-state index is 12.4. The van der Waals surface area contributed by atoms with Gasteiger partial charge < -0.3 is 14.4 Å². The van der Waals surface area contributed by atoms with E-state index < -0.39 is 11.4 Å². The molecule has 0 aliphatic carbocycles. The topological polar surface area (TPSA) is 68.5 Å². The summed E-state index contributed by atoms with van der Waals surface area (Å²) in [6.45, 7) is 6.55. The van der Waals surface area contributed by atoms with E-state index in [1.54, 1.807) is 10.6 Å². The number of nitrogens with zero attached hydrogens (tertiary/aromatic N) is 1. The normalized spacial score (nSPS) is 11.1. The van der Waals surface area contributed by atoms with Gasteiger partial charge in [-0.25, -0.2) is 4.79 Å². The lowest BCUT2D eigenvalue weighted by Gasteiger charge is -2.16. The molecule has 0 unspecified atom stereocenters. The molecule has 0 radical (unpaired) electrons. The Hall–Kier alpha value is -2.30. The average Bonchev–Trinajstić information content (AvgIpc) is 2.47. The summed E-state index contributed by atoms with van der Waals surface area (Å²) in [6.07, 6.45) is 3.37. The van der Waals surface area contributed by atoms with Crippen LogP contribution in [0.15, 0.2) is 29.2 Å². The first kappa shape index (κ1) is 16.1. The van der Waals surface area contributed by atoms with Crippen molar-refractivity contribution in [2.24, 2.45) is 0 Å². The zero-order valence-corrected chi connectivity index (χ0v) is 13.1. The number of carbonyl (C=O) groups is 1. The van der Waals surface area contributed by atoms with Crippen LogP contribution in [0.1, 0.15) is 50.0 Å². The molecular weight excluding hydrogens is 282 g/mol. The minimum Gasteiger partial charge on any atom is -0.494 e. The molecule has 2 aromatic rings. The smallest absolute Gasteiger partial charge is 0.341 e. The molecule has 0 fully saturated rings. The fraction of sp³-hybridized carbons (Fsp3) is 0.412. The number of benzene rings is 1. The quantitative estimate of drug-likeness (QED) is 0.830. The van der Waals surface area contributed by atoms with E-state index in [0.717, 1.165) is 12.8 Å². The van der Waals surface area contributed by atoms with Gasteiger partial charge in [-0.1, -0.05) is 13.3 Å². The van der Waals surface area contributed by atoms with Crippen molar-refractivity contribution in [2.75, 3.05) is 6.61 Å². The van der Waals surface area contributed by atoms with E-state index in [0.29, 0.717) is 23.3 Å². The molecule has 1 N–H and O–H groups in total. The lowest BCUT2D eigenvalue weighted by molar-refractivity contribution is 0.0694. The van der Waals surface area contributed by atoms with E-state index in [2.05, 4.69) is 6.92 Å². The van der Waals surface area contributed by atoms with E-state index in [9.17, 15) is 14.7 Å². The van der Waals surface area contributed by atoms with E-state index in [1.807, 2.05) is 26.0 Å². The third-order valence-electron chi connectivity index (χ3n) is 3.56. The van der Waals surface area contributed by atoms with Crippen LogP contribution in [0.2, 0.25) is 0 Å². The molecule has 0 aliphatic heterocycles. The largest absolute Gasteiger partial charge is 0.494 e. The Morgan fingerprint density at radius 1 is 1.36 bits per heavy atom. The number of fused-ring (bicyclic) bond motifs is 1. The van der Waals surface area contributed by atoms with Gasteiger partial charge in [0.1, 0.15) is 11.3 Å². The lowest BCUT2D eigenvalue weighted by atomic mass is 10.1. The van der Waals surface area contributed by atoms with Crippen LogP contribution in [0, 0.1) is 0 Å². The average molecular weight is 303 g/mol. The molecular formula is C17H21NO4. The number of aromatic nitrogens is 1. The number of carboxylic acids is 1. The van der Waals surface area contributed by atoms with Crippen LogP contribution in [-0.2, 0) is 0 Å². The number of hydrogen-bond acceptors (Lipinski definition) is 3. The van der Waals surface area contributed by atoms with Crippen molar-refractivity contribution in [1.29, 1.82) is 0 Å². The van der Waals surface area contributed by atoms with Crippen LogP contribution in [-0.4, -0.2) is 22.2 Å². The summed E-state index contributed by atoms with van der Waals surface area (Å²) in [6, 6.07) is 5.31. The van der Waals surface area contributed by atoms with Crippen molar-refractivity contribution < 1.29 is 14.6 Å². The first-order valence-corrected chi connectivity index (χ1v) is 7.50. The zero-order chi connectivity index (χ0) is 16.3. The van der Waals surface area contributed by atoms with Crippen LogP contribution in [0.25, 0.3) is 10.9 Å². The molecule has 0 bridgehead atoms. The second-order valence-corrected chi connectivity index (χ2v) is 5.56. The second kappa shape index (κ2) is 6.64. The molecule has 0 amide bonds. The molecule has 0 saturated carbocycles. The monoisotopic (exact) mass is 303 g/mol. The summed E-state index contributed by atoms with van der Waals surface area (Å²) in [5, 5.41) is 9.61. The fourth-order valence-electron chi connectivity index (χ4n) is 2.34. The van der Waals surface area contributed by atoms with Gasteiger partial charge in [-0.3, -0.25) is 4.79 Å². The van der Waals surface area contributed by atoms with Crippen LogP contribution in [0.4, 0.5) is 0 Å². The molecule has 0 spiro atoms. The molecule has 118 valence electrons. The summed E-state index contributed by atoms with van der Waals surface area (Å²) in [7, 11) is 0. The van der Waals surface area contributed by atoms with E-state index in [1.165, 1.54) is 6.20 Å². The maximum Gasteiger partial charge on any atom is 0.341 e. The second-order valence-electron chi connectivity index (χ2n) is 5.56. The van der Waals surface area contributed by atoms with Crippen LogP contribution < -0.4 is 10.2 Å². The molecule has 0 atom stereocenters. The SMILES string of the molecule is CCCCOc1ccc2c(c1)c(=O)c(C(=O)O)cn2C(C)C. The molecule has 5 heteroatoms. The Morgan fingerprint density at radius 2 is 2.09 bits per heavy atom. The van der Waals surface area contributed by atoms with Gasteiger partial charge in [0, 0.05) is 12.2 Å². The minimum absolute atomic E-state index is 0.0491. The zero-order valence-electron chi connectivity index (χ0n) is 13.1. The van der Waals surface area contributed by atoms with Gasteiger partial charge in [-0.2, -0.15) is 0 Å². The van der Waals surface area contributed by atoms with Crippen LogP contribution in [0.3, 0.4) is 0 Å². The molecule has 22 heavy (non-hydrogen) atoms. The Kier molecular flexibility index (Phi) is 4.85. The number of ether oxygens (including phenoxy) is 1. The highest BCUT2D eigenvalue weighted by atomic mass is 16.5. The number of unbranched alkanes of at least 4 members (excludes halogenated alkanes) is 1. The summed E-state index contributed by atoms with van der Waals surface area (Å²) in [4.78, 5) is 23.7. The van der Waals surface area contributed by atoms with Gasteiger partial charge in [0.15, 0.2) is 0 Å².